The second-order valence-electron chi connectivity index (χ2n) is 3.04. The van der Waals surface area contributed by atoms with E-state index in [0.29, 0.717) is 19.4 Å². The number of hydrogen-bond acceptors (Lipinski definition) is 2. The first kappa shape index (κ1) is 9.03. The summed E-state index contributed by atoms with van der Waals surface area (Å²) in [5.74, 6) is -1.79. The van der Waals surface area contributed by atoms with E-state index < -0.39 is 11.9 Å². The third-order valence-electron chi connectivity index (χ3n) is 2.33. The van der Waals surface area contributed by atoms with Crippen molar-refractivity contribution in [3.8, 4) is 0 Å². The molecule has 0 aliphatic carbocycles. The van der Waals surface area contributed by atoms with E-state index in [1.165, 1.54) is 0 Å². The van der Waals surface area contributed by atoms with Crippen LogP contribution in [0.15, 0.2) is 0 Å². The largest absolute Gasteiger partial charge is 0.481 e. The topological polar surface area (TPSA) is 66.4 Å². The Morgan fingerprint density at radius 2 is 2.50 bits per heavy atom. The van der Waals surface area contributed by atoms with Crippen LogP contribution in [0.1, 0.15) is 19.8 Å². The number of rotatable bonds is 3. The molecular formula is C8H13NO3. The van der Waals surface area contributed by atoms with Crippen molar-refractivity contribution in [3.63, 3.8) is 0 Å². The first-order valence-electron chi connectivity index (χ1n) is 4.17. The highest BCUT2D eigenvalue weighted by Gasteiger charge is 2.35. The van der Waals surface area contributed by atoms with Gasteiger partial charge in [-0.25, -0.2) is 0 Å². The molecule has 1 amide bonds. The smallest absolute Gasteiger partial charge is 0.307 e. The second-order valence-corrected chi connectivity index (χ2v) is 3.04. The van der Waals surface area contributed by atoms with Crippen LogP contribution >= 0.6 is 0 Å². The maximum atomic E-state index is 11.1. The van der Waals surface area contributed by atoms with Crippen LogP contribution in [0.4, 0.5) is 0 Å². The fourth-order valence-electron chi connectivity index (χ4n) is 1.63. The molecule has 2 atom stereocenters. The Labute approximate surface area is 71.0 Å². The second kappa shape index (κ2) is 3.56. The van der Waals surface area contributed by atoms with Crippen molar-refractivity contribution in [2.24, 2.45) is 11.8 Å². The summed E-state index contributed by atoms with van der Waals surface area (Å²) in [6, 6.07) is 0. The number of nitrogens with one attached hydrogen (secondary N) is 1. The van der Waals surface area contributed by atoms with E-state index >= 15 is 0 Å². The van der Waals surface area contributed by atoms with E-state index in [-0.39, 0.29) is 11.8 Å². The first-order chi connectivity index (χ1) is 5.66. The molecule has 1 aliphatic rings. The minimum absolute atomic E-state index is 0.107. The fourth-order valence-corrected chi connectivity index (χ4v) is 1.63. The highest BCUT2D eigenvalue weighted by atomic mass is 16.4. The van der Waals surface area contributed by atoms with Gasteiger partial charge in [-0.1, -0.05) is 6.92 Å². The summed E-state index contributed by atoms with van der Waals surface area (Å²) in [4.78, 5) is 21.8. The van der Waals surface area contributed by atoms with Crippen molar-refractivity contribution in [3.05, 3.63) is 0 Å². The van der Waals surface area contributed by atoms with E-state index in [1.807, 2.05) is 0 Å². The van der Waals surface area contributed by atoms with E-state index in [9.17, 15) is 9.59 Å². The molecule has 4 heteroatoms. The molecule has 0 saturated carbocycles. The minimum Gasteiger partial charge on any atom is -0.481 e. The average Bonchev–Trinajstić information content (AvgIpc) is 2.38. The summed E-state index contributed by atoms with van der Waals surface area (Å²) < 4.78 is 0. The Balaban J connectivity index is 2.65. The van der Waals surface area contributed by atoms with Gasteiger partial charge in [-0.2, -0.15) is 0 Å². The summed E-state index contributed by atoms with van der Waals surface area (Å²) in [5, 5.41) is 11.4. The SMILES string of the molecule is CCC(C(=O)O)C1CCNC1=O. The highest BCUT2D eigenvalue weighted by Crippen LogP contribution is 2.22. The van der Waals surface area contributed by atoms with Gasteiger partial charge in [0.1, 0.15) is 0 Å². The van der Waals surface area contributed by atoms with Gasteiger partial charge in [-0.3, -0.25) is 9.59 Å². The van der Waals surface area contributed by atoms with Crippen molar-refractivity contribution < 1.29 is 14.7 Å². The standard InChI is InChI=1S/C8H13NO3/c1-2-5(8(11)12)6-3-4-9-7(6)10/h5-6H,2-4H2,1H3,(H,9,10)(H,11,12). The molecule has 0 aromatic rings. The lowest BCUT2D eigenvalue weighted by Gasteiger charge is -2.14. The molecule has 1 fully saturated rings. The van der Waals surface area contributed by atoms with Crippen LogP contribution in [-0.4, -0.2) is 23.5 Å². The Hall–Kier alpha value is -1.06. The molecule has 68 valence electrons. The quantitative estimate of drug-likeness (QED) is 0.639. The van der Waals surface area contributed by atoms with Crippen LogP contribution in [0.3, 0.4) is 0 Å². The predicted octanol–water partition coefficient (Wildman–Crippen LogP) is 0.233. The molecular weight excluding hydrogens is 158 g/mol. The molecule has 4 nitrogen and oxygen atoms in total. The molecule has 0 radical (unpaired) electrons. The van der Waals surface area contributed by atoms with Gasteiger partial charge in [0.05, 0.1) is 11.8 Å². The van der Waals surface area contributed by atoms with E-state index in [2.05, 4.69) is 5.32 Å². The first-order valence-corrected chi connectivity index (χ1v) is 4.17. The zero-order chi connectivity index (χ0) is 9.14. The summed E-state index contributed by atoms with van der Waals surface area (Å²) in [6.45, 7) is 2.41. The highest BCUT2D eigenvalue weighted by molar-refractivity contribution is 5.86. The maximum Gasteiger partial charge on any atom is 0.307 e. The normalized spacial score (nSPS) is 25.1. The number of hydrogen-bond donors (Lipinski definition) is 2. The molecule has 1 aliphatic heterocycles. The van der Waals surface area contributed by atoms with Gasteiger partial charge < -0.3 is 10.4 Å². The van der Waals surface area contributed by atoms with E-state index in [4.69, 9.17) is 5.11 Å². The van der Waals surface area contributed by atoms with Gasteiger partial charge in [0.15, 0.2) is 0 Å². The van der Waals surface area contributed by atoms with Gasteiger partial charge in [0.25, 0.3) is 0 Å². The van der Waals surface area contributed by atoms with E-state index in [0.717, 1.165) is 0 Å². The third kappa shape index (κ3) is 1.57. The predicted molar refractivity (Wildman–Crippen MR) is 42.5 cm³/mol. The molecule has 1 heterocycles. The van der Waals surface area contributed by atoms with Gasteiger partial charge in [-0.05, 0) is 12.8 Å². The third-order valence-corrected chi connectivity index (χ3v) is 2.33. The van der Waals surface area contributed by atoms with Gasteiger partial charge in [0.2, 0.25) is 5.91 Å². The molecule has 2 N–H and O–H groups in total. The molecule has 0 spiro atoms. The minimum atomic E-state index is -0.862. The zero-order valence-corrected chi connectivity index (χ0v) is 7.04. The van der Waals surface area contributed by atoms with Crippen LogP contribution < -0.4 is 5.32 Å². The number of carbonyl (C=O) groups is 2. The van der Waals surface area contributed by atoms with Crippen molar-refractivity contribution in [1.82, 2.24) is 5.32 Å². The molecule has 1 saturated heterocycles. The van der Waals surface area contributed by atoms with Gasteiger partial charge in [-0.15, -0.1) is 0 Å². The monoisotopic (exact) mass is 171 g/mol. The Kier molecular flexibility index (Phi) is 2.68. The number of carboxylic acids is 1. The van der Waals surface area contributed by atoms with E-state index in [1.54, 1.807) is 6.92 Å². The van der Waals surface area contributed by atoms with Crippen molar-refractivity contribution >= 4 is 11.9 Å². The summed E-state index contributed by atoms with van der Waals surface area (Å²) in [6.07, 6.45) is 1.18. The van der Waals surface area contributed by atoms with Crippen LogP contribution in [-0.2, 0) is 9.59 Å². The maximum absolute atomic E-state index is 11.1. The number of aliphatic carboxylic acids is 1. The molecule has 0 aromatic carbocycles. The lowest BCUT2D eigenvalue weighted by atomic mass is 9.89. The fraction of sp³-hybridized carbons (Fsp3) is 0.750. The molecule has 0 bridgehead atoms. The van der Waals surface area contributed by atoms with Gasteiger partial charge in [0, 0.05) is 6.54 Å². The average molecular weight is 171 g/mol. The Morgan fingerprint density at radius 3 is 2.83 bits per heavy atom. The van der Waals surface area contributed by atoms with Crippen molar-refractivity contribution in [2.75, 3.05) is 6.54 Å². The van der Waals surface area contributed by atoms with Crippen LogP contribution in [0.2, 0.25) is 0 Å². The van der Waals surface area contributed by atoms with Gasteiger partial charge >= 0.3 is 5.97 Å². The summed E-state index contributed by atoms with van der Waals surface area (Å²) in [7, 11) is 0. The molecule has 12 heavy (non-hydrogen) atoms. The molecule has 1 rings (SSSR count). The van der Waals surface area contributed by atoms with Crippen molar-refractivity contribution in [1.29, 1.82) is 0 Å². The number of amides is 1. The zero-order valence-electron chi connectivity index (χ0n) is 7.04. The molecule has 2 unspecified atom stereocenters. The van der Waals surface area contributed by atoms with Crippen LogP contribution in [0, 0.1) is 11.8 Å². The van der Waals surface area contributed by atoms with Crippen molar-refractivity contribution in [2.45, 2.75) is 19.8 Å². The number of carboxylic acid groups (broad SMARTS) is 1. The van der Waals surface area contributed by atoms with Crippen LogP contribution in [0.25, 0.3) is 0 Å². The Bertz CT molecular complexity index is 202. The summed E-state index contributed by atoms with van der Waals surface area (Å²) >= 11 is 0. The lowest BCUT2D eigenvalue weighted by Crippen LogP contribution is -2.29. The number of carbonyl (C=O) groups excluding carboxylic acids is 1. The van der Waals surface area contributed by atoms with Crippen LogP contribution in [0.5, 0.6) is 0 Å². The molecule has 0 aromatic heterocycles. The summed E-state index contributed by atoms with van der Waals surface area (Å²) in [5.41, 5.74) is 0. The Morgan fingerprint density at radius 1 is 1.83 bits per heavy atom. The lowest BCUT2D eigenvalue weighted by molar-refractivity contribution is -0.146.